The molecule has 0 saturated carbocycles. The van der Waals surface area contributed by atoms with Crippen LogP contribution in [0.1, 0.15) is 20.8 Å². The Labute approximate surface area is 124 Å². The Morgan fingerprint density at radius 1 is 1.32 bits per heavy atom. The van der Waals surface area contributed by atoms with Crippen molar-refractivity contribution >= 4 is 38.9 Å². The normalized spacial score (nSPS) is 10.5. The van der Waals surface area contributed by atoms with Gasteiger partial charge in [0.05, 0.1) is 12.8 Å². The lowest BCUT2D eigenvalue weighted by molar-refractivity contribution is 0.0607. The fourth-order valence-electron chi connectivity index (χ4n) is 1.91. The average molecular weight is 340 g/mol. The van der Waals surface area contributed by atoms with E-state index < -0.39 is 0 Å². The predicted octanol–water partition coefficient (Wildman–Crippen LogP) is 4.16. The summed E-state index contributed by atoms with van der Waals surface area (Å²) in [4.78, 5) is 13.1. The van der Waals surface area contributed by atoms with Crippen molar-refractivity contribution in [3.05, 3.63) is 38.7 Å². The molecule has 2 aromatic rings. The summed E-state index contributed by atoms with van der Waals surface area (Å²) in [5, 5.41) is 0. The van der Waals surface area contributed by atoms with E-state index in [2.05, 4.69) is 22.0 Å². The summed E-state index contributed by atoms with van der Waals surface area (Å²) in [5.74, 6) is -0.386. The maximum Gasteiger partial charge on any atom is 0.350 e. The minimum absolute atomic E-state index is 0.386. The Morgan fingerprint density at radius 2 is 2.00 bits per heavy atom. The van der Waals surface area contributed by atoms with Crippen molar-refractivity contribution in [1.29, 1.82) is 0 Å². The van der Waals surface area contributed by atoms with Crippen molar-refractivity contribution in [2.24, 2.45) is 0 Å². The van der Waals surface area contributed by atoms with E-state index in [0.717, 1.165) is 26.0 Å². The van der Waals surface area contributed by atoms with Crippen LogP contribution in [0, 0.1) is 13.8 Å². The van der Waals surface area contributed by atoms with Gasteiger partial charge in [0.2, 0.25) is 0 Å². The quantitative estimate of drug-likeness (QED) is 0.835. The molecule has 1 aromatic heterocycles. The number of nitrogens with two attached hydrogens (primary N) is 1. The van der Waals surface area contributed by atoms with Crippen molar-refractivity contribution in [2.45, 2.75) is 13.8 Å². The summed E-state index contributed by atoms with van der Waals surface area (Å²) in [6, 6.07) is 6.13. The smallest absolute Gasteiger partial charge is 0.350 e. The van der Waals surface area contributed by atoms with Crippen LogP contribution in [0.3, 0.4) is 0 Å². The Bertz CT molecular complexity index is 629. The van der Waals surface area contributed by atoms with Crippen LogP contribution in [0.5, 0.6) is 0 Å². The lowest BCUT2D eigenvalue weighted by atomic mass is 10.1. The van der Waals surface area contributed by atoms with Gasteiger partial charge < -0.3 is 10.5 Å². The molecule has 5 heteroatoms. The number of nitrogen functional groups attached to an aromatic ring is 1. The molecule has 1 aromatic carbocycles. The second-order valence-corrected chi connectivity index (χ2v) is 6.24. The van der Waals surface area contributed by atoms with Gasteiger partial charge in [-0.15, -0.1) is 11.3 Å². The van der Waals surface area contributed by atoms with Crippen LogP contribution in [0.15, 0.2) is 22.7 Å². The monoisotopic (exact) mass is 339 g/mol. The van der Waals surface area contributed by atoms with Crippen LogP contribution < -0.4 is 5.73 Å². The average Bonchev–Trinajstić information content (AvgIpc) is 2.64. The first-order valence-electron chi connectivity index (χ1n) is 5.68. The zero-order chi connectivity index (χ0) is 14.2. The van der Waals surface area contributed by atoms with Gasteiger partial charge in [0.15, 0.2) is 0 Å². The molecular weight excluding hydrogens is 326 g/mol. The van der Waals surface area contributed by atoms with Gasteiger partial charge in [-0.1, -0.05) is 22.0 Å². The van der Waals surface area contributed by atoms with E-state index in [1.807, 2.05) is 26.0 Å². The molecule has 0 aliphatic carbocycles. The number of carbonyl (C=O) groups is 1. The molecule has 0 aliphatic heterocycles. The first-order valence-corrected chi connectivity index (χ1v) is 7.29. The summed E-state index contributed by atoms with van der Waals surface area (Å²) >= 11 is 4.85. The number of ether oxygens (including phenoxy) is 1. The minimum atomic E-state index is -0.386. The highest BCUT2D eigenvalue weighted by Crippen LogP contribution is 2.39. The van der Waals surface area contributed by atoms with E-state index in [-0.39, 0.29) is 5.97 Å². The van der Waals surface area contributed by atoms with E-state index >= 15 is 0 Å². The van der Waals surface area contributed by atoms with Gasteiger partial charge >= 0.3 is 5.97 Å². The Kier molecular flexibility index (Phi) is 3.96. The van der Waals surface area contributed by atoms with Gasteiger partial charge in [-0.25, -0.2) is 4.79 Å². The summed E-state index contributed by atoms with van der Waals surface area (Å²) in [5.41, 5.74) is 9.62. The highest BCUT2D eigenvalue weighted by Gasteiger charge is 2.20. The van der Waals surface area contributed by atoms with Crippen molar-refractivity contribution < 1.29 is 9.53 Å². The van der Waals surface area contributed by atoms with Gasteiger partial charge in [0.25, 0.3) is 0 Å². The third-order valence-corrected chi connectivity index (χ3v) is 4.66. The molecule has 0 unspecified atom stereocenters. The molecule has 3 nitrogen and oxygen atoms in total. The maximum atomic E-state index is 11.7. The van der Waals surface area contributed by atoms with Gasteiger partial charge in [-0.2, -0.15) is 0 Å². The highest BCUT2D eigenvalue weighted by atomic mass is 79.9. The zero-order valence-electron chi connectivity index (χ0n) is 10.9. The summed E-state index contributed by atoms with van der Waals surface area (Å²) in [6.45, 7) is 3.95. The zero-order valence-corrected chi connectivity index (χ0v) is 13.3. The largest absolute Gasteiger partial charge is 0.465 e. The van der Waals surface area contributed by atoms with Crippen LogP contribution in [0.25, 0.3) is 10.4 Å². The maximum absolute atomic E-state index is 11.7. The van der Waals surface area contributed by atoms with Crippen LogP contribution in [0.2, 0.25) is 0 Å². The number of hydrogen-bond donors (Lipinski definition) is 1. The van der Waals surface area contributed by atoms with E-state index in [1.165, 1.54) is 18.4 Å². The standard InChI is InChI=1S/C14H14BrNO2S/c1-7-4-9(6-10(15)5-7)12-8(2)11(16)13(19-12)14(17)18-3/h4-6H,16H2,1-3H3. The Balaban J connectivity index is 2.60. The number of rotatable bonds is 2. The molecule has 0 aliphatic rings. The minimum Gasteiger partial charge on any atom is -0.465 e. The van der Waals surface area contributed by atoms with Crippen molar-refractivity contribution in [3.8, 4) is 10.4 Å². The number of benzene rings is 1. The molecule has 0 amide bonds. The van der Waals surface area contributed by atoms with Crippen molar-refractivity contribution in [2.75, 3.05) is 12.8 Å². The molecule has 2 N–H and O–H groups in total. The number of hydrogen-bond acceptors (Lipinski definition) is 4. The molecule has 0 spiro atoms. The Hall–Kier alpha value is -1.33. The molecule has 0 fully saturated rings. The van der Waals surface area contributed by atoms with Gasteiger partial charge in [-0.05, 0) is 42.7 Å². The number of methoxy groups -OCH3 is 1. The lowest BCUT2D eigenvalue weighted by Gasteiger charge is -2.03. The first kappa shape index (κ1) is 14.1. The molecule has 2 rings (SSSR count). The van der Waals surface area contributed by atoms with Crippen molar-refractivity contribution in [1.82, 2.24) is 0 Å². The number of aryl methyl sites for hydroxylation is 1. The third-order valence-electron chi connectivity index (χ3n) is 2.87. The summed E-state index contributed by atoms with van der Waals surface area (Å²) < 4.78 is 5.76. The van der Waals surface area contributed by atoms with E-state index in [0.29, 0.717) is 10.6 Å². The fraction of sp³-hybridized carbons (Fsp3) is 0.214. The van der Waals surface area contributed by atoms with Gasteiger partial charge in [0.1, 0.15) is 4.88 Å². The lowest BCUT2D eigenvalue weighted by Crippen LogP contribution is -2.01. The molecule has 1 heterocycles. The topological polar surface area (TPSA) is 52.3 Å². The molecule has 100 valence electrons. The second kappa shape index (κ2) is 5.35. The molecule has 19 heavy (non-hydrogen) atoms. The fourth-order valence-corrected chi connectivity index (χ4v) is 3.65. The SMILES string of the molecule is COC(=O)c1sc(-c2cc(C)cc(Br)c2)c(C)c1N. The first-order chi connectivity index (χ1) is 8.93. The van der Waals surface area contributed by atoms with Crippen LogP contribution >= 0.6 is 27.3 Å². The summed E-state index contributed by atoms with van der Waals surface area (Å²) in [7, 11) is 1.36. The van der Waals surface area contributed by atoms with E-state index in [1.54, 1.807) is 0 Å². The molecule has 0 atom stereocenters. The molecule has 0 saturated heterocycles. The number of esters is 1. The number of anilines is 1. The van der Waals surface area contributed by atoms with Crippen LogP contribution in [0.4, 0.5) is 5.69 Å². The van der Waals surface area contributed by atoms with E-state index in [4.69, 9.17) is 10.5 Å². The molecule has 0 radical (unpaired) electrons. The molecular formula is C14H14BrNO2S. The van der Waals surface area contributed by atoms with Crippen LogP contribution in [-0.4, -0.2) is 13.1 Å². The Morgan fingerprint density at radius 3 is 2.58 bits per heavy atom. The predicted molar refractivity (Wildman–Crippen MR) is 82.7 cm³/mol. The van der Waals surface area contributed by atoms with Crippen LogP contribution in [-0.2, 0) is 4.74 Å². The van der Waals surface area contributed by atoms with Crippen molar-refractivity contribution in [3.63, 3.8) is 0 Å². The van der Waals surface area contributed by atoms with E-state index in [9.17, 15) is 4.79 Å². The second-order valence-electron chi connectivity index (χ2n) is 4.31. The number of carbonyl (C=O) groups excluding carboxylic acids is 1. The number of halogens is 1. The van der Waals surface area contributed by atoms with Gasteiger partial charge in [-0.3, -0.25) is 0 Å². The molecule has 0 bridgehead atoms. The third kappa shape index (κ3) is 2.67. The number of thiophene rings is 1. The van der Waals surface area contributed by atoms with Gasteiger partial charge in [0, 0.05) is 9.35 Å². The summed E-state index contributed by atoms with van der Waals surface area (Å²) in [6.07, 6.45) is 0. The highest BCUT2D eigenvalue weighted by molar-refractivity contribution is 9.10.